The summed E-state index contributed by atoms with van der Waals surface area (Å²) < 4.78 is 21.6. The van der Waals surface area contributed by atoms with Crippen LogP contribution in [0.1, 0.15) is 119 Å². The number of hydrogen-bond donors (Lipinski definition) is 1. The quantitative estimate of drug-likeness (QED) is 0.0589. The minimum Gasteiger partial charge on any atom is -0.462 e. The monoisotopic (exact) mass is 610 g/mol. The summed E-state index contributed by atoms with van der Waals surface area (Å²) in [4.78, 5) is 49.3. The molecule has 0 fully saturated rings. The molecule has 0 aliphatic heterocycles. The summed E-state index contributed by atoms with van der Waals surface area (Å²) in [6.07, 6.45) is 8.91. The number of carbonyl (C=O) groups is 4. The van der Waals surface area contributed by atoms with E-state index >= 15 is 0 Å². The summed E-state index contributed by atoms with van der Waals surface area (Å²) in [5, 5.41) is 2.87. The highest BCUT2D eigenvalue weighted by Crippen LogP contribution is 2.26. The number of hydrogen-bond acceptors (Lipinski definition) is 8. The first-order valence-corrected chi connectivity index (χ1v) is 15.6. The molecule has 43 heavy (non-hydrogen) atoms. The maximum atomic E-state index is 12.7. The molecule has 0 spiro atoms. The van der Waals surface area contributed by atoms with E-state index in [2.05, 4.69) is 18.5 Å². The van der Waals surface area contributed by atoms with Crippen LogP contribution in [0.3, 0.4) is 0 Å². The molecule has 0 atom stereocenters. The third-order valence-electron chi connectivity index (χ3n) is 6.60. The van der Waals surface area contributed by atoms with Crippen molar-refractivity contribution >= 4 is 24.1 Å². The first-order valence-electron chi connectivity index (χ1n) is 15.6. The average Bonchev–Trinajstić information content (AvgIpc) is 2.90. The van der Waals surface area contributed by atoms with Crippen LogP contribution in [-0.4, -0.2) is 73.6 Å². The van der Waals surface area contributed by atoms with Crippen molar-refractivity contribution in [2.45, 2.75) is 130 Å². The van der Waals surface area contributed by atoms with E-state index in [4.69, 9.17) is 18.9 Å². The van der Waals surface area contributed by atoms with Gasteiger partial charge in [-0.1, -0.05) is 26.0 Å². The van der Waals surface area contributed by atoms with Crippen molar-refractivity contribution in [1.82, 2.24) is 10.2 Å². The van der Waals surface area contributed by atoms with Gasteiger partial charge in [0.05, 0.1) is 13.2 Å². The molecule has 0 bridgehead atoms. The Hall–Kier alpha value is -3.04. The molecule has 0 rings (SSSR count). The van der Waals surface area contributed by atoms with Crippen LogP contribution in [0.5, 0.6) is 0 Å². The number of alkyl carbamates (subject to hydrolysis) is 1. The lowest BCUT2D eigenvalue weighted by Gasteiger charge is -2.30. The van der Waals surface area contributed by atoms with Crippen LogP contribution in [0.2, 0.25) is 0 Å². The largest absolute Gasteiger partial charge is 0.462 e. The van der Waals surface area contributed by atoms with Crippen molar-refractivity contribution in [3.8, 4) is 0 Å². The van der Waals surface area contributed by atoms with Crippen LogP contribution >= 0.6 is 0 Å². The molecule has 10 nitrogen and oxygen atoms in total. The Balaban J connectivity index is 4.51. The van der Waals surface area contributed by atoms with Gasteiger partial charge in [0.25, 0.3) is 0 Å². The van der Waals surface area contributed by atoms with Crippen molar-refractivity contribution in [2.75, 3.05) is 33.4 Å². The van der Waals surface area contributed by atoms with E-state index < -0.39 is 17.3 Å². The van der Waals surface area contributed by atoms with Crippen LogP contribution in [0.15, 0.2) is 24.3 Å². The Labute approximate surface area is 259 Å². The Morgan fingerprint density at radius 3 is 1.60 bits per heavy atom. The molecule has 0 saturated heterocycles. The zero-order valence-corrected chi connectivity index (χ0v) is 27.9. The Bertz CT molecular complexity index is 856. The van der Waals surface area contributed by atoms with E-state index in [9.17, 15) is 19.2 Å². The second kappa shape index (κ2) is 21.6. The fraction of sp³-hybridized carbons (Fsp3) is 0.758. The molecule has 2 amide bonds. The van der Waals surface area contributed by atoms with Crippen LogP contribution in [0.25, 0.3) is 0 Å². The van der Waals surface area contributed by atoms with E-state index in [1.165, 1.54) is 0 Å². The summed E-state index contributed by atoms with van der Waals surface area (Å²) in [5.41, 5.74) is -0.386. The van der Waals surface area contributed by atoms with Crippen molar-refractivity contribution < 1.29 is 38.1 Å². The number of carbonyl (C=O) groups excluding carboxylic acids is 4. The predicted molar refractivity (Wildman–Crippen MR) is 169 cm³/mol. The molecule has 248 valence electrons. The van der Waals surface area contributed by atoms with Crippen LogP contribution < -0.4 is 5.32 Å². The minimum atomic E-state index is -0.640. The summed E-state index contributed by atoms with van der Waals surface area (Å²) in [5.74, 6) is -0.765. The predicted octanol–water partition coefficient (Wildman–Crippen LogP) is 7.26. The smallest absolute Gasteiger partial charge is 0.410 e. The van der Waals surface area contributed by atoms with E-state index in [0.717, 1.165) is 64.2 Å². The van der Waals surface area contributed by atoms with Crippen LogP contribution in [0, 0.1) is 0 Å². The van der Waals surface area contributed by atoms with Gasteiger partial charge in [-0.2, -0.15) is 0 Å². The van der Waals surface area contributed by atoms with Crippen LogP contribution in [0.4, 0.5) is 9.59 Å². The average molecular weight is 611 g/mol. The van der Waals surface area contributed by atoms with E-state index in [0.29, 0.717) is 50.3 Å². The Kier molecular flexibility index (Phi) is 20.1. The van der Waals surface area contributed by atoms with E-state index in [1.807, 2.05) is 27.7 Å². The van der Waals surface area contributed by atoms with E-state index in [-0.39, 0.29) is 18.0 Å². The molecule has 0 aliphatic rings. The molecule has 0 aromatic heterocycles. The lowest BCUT2D eigenvalue weighted by Crippen LogP contribution is -2.37. The second-order valence-corrected chi connectivity index (χ2v) is 12.5. The number of amides is 2. The number of esters is 2. The Morgan fingerprint density at radius 2 is 1.14 bits per heavy atom. The van der Waals surface area contributed by atoms with Crippen molar-refractivity contribution in [2.24, 2.45) is 0 Å². The molecule has 0 radical (unpaired) electrons. The molecular weight excluding hydrogens is 552 g/mol. The van der Waals surface area contributed by atoms with Gasteiger partial charge in [0, 0.05) is 31.3 Å². The minimum absolute atomic E-state index is 0.322. The maximum Gasteiger partial charge on any atom is 0.410 e. The number of unbranched alkanes of at least 4 members (excludes halogenated alkanes) is 7. The highest BCUT2D eigenvalue weighted by atomic mass is 16.6. The molecule has 0 aromatic carbocycles. The third kappa shape index (κ3) is 22.2. The third-order valence-corrected chi connectivity index (χ3v) is 6.60. The van der Waals surface area contributed by atoms with Crippen LogP contribution in [-0.2, 0) is 28.5 Å². The van der Waals surface area contributed by atoms with Gasteiger partial charge in [0.2, 0.25) is 0 Å². The van der Waals surface area contributed by atoms with Gasteiger partial charge in [-0.05, 0) is 106 Å². The zero-order chi connectivity index (χ0) is 32.9. The number of rotatable bonds is 22. The van der Waals surface area contributed by atoms with Gasteiger partial charge in [-0.25, -0.2) is 19.2 Å². The topological polar surface area (TPSA) is 120 Å². The summed E-state index contributed by atoms with van der Waals surface area (Å²) in [6.45, 7) is 19.7. The van der Waals surface area contributed by atoms with E-state index in [1.54, 1.807) is 25.8 Å². The number of nitrogens with one attached hydrogen (secondary N) is 1. The standard InChI is InChI=1S/C33H58N2O8/c1-26(2)28(36)40-24-18-12-14-20-33(8,21-15-13-19-25-41-29(37)27(3)4)42-30(38)34-22-16-10-11-17-23-35(9)31(39)43-32(5,6)7/h1,3,10-25H2,2,4-9H3,(H,34,38). The fourth-order valence-corrected chi connectivity index (χ4v) is 4.07. The van der Waals surface area contributed by atoms with Gasteiger partial charge < -0.3 is 29.2 Å². The molecule has 0 unspecified atom stereocenters. The second-order valence-electron chi connectivity index (χ2n) is 12.5. The highest BCUT2D eigenvalue weighted by Gasteiger charge is 2.28. The number of nitrogens with zero attached hydrogens (tertiary/aromatic N) is 1. The molecular formula is C33H58N2O8. The molecule has 10 heteroatoms. The summed E-state index contributed by atoms with van der Waals surface area (Å²) in [6, 6.07) is 0. The SMILES string of the molecule is C=C(C)C(=O)OCCCCCC(C)(CCCCCOC(=O)C(=C)C)OC(=O)NCCCCCCN(C)C(=O)OC(C)(C)C. The highest BCUT2D eigenvalue weighted by molar-refractivity contribution is 5.87. The van der Waals surface area contributed by atoms with Crippen molar-refractivity contribution in [3.63, 3.8) is 0 Å². The van der Waals surface area contributed by atoms with Gasteiger partial charge in [0.15, 0.2) is 0 Å². The fourth-order valence-electron chi connectivity index (χ4n) is 4.07. The molecule has 0 heterocycles. The molecule has 0 aromatic rings. The lowest BCUT2D eigenvalue weighted by atomic mass is 9.91. The zero-order valence-electron chi connectivity index (χ0n) is 27.9. The normalized spacial score (nSPS) is 11.3. The first-order chi connectivity index (χ1) is 20.1. The van der Waals surface area contributed by atoms with Crippen molar-refractivity contribution in [3.05, 3.63) is 24.3 Å². The van der Waals surface area contributed by atoms with Gasteiger partial charge in [0.1, 0.15) is 11.2 Å². The first kappa shape index (κ1) is 40.0. The van der Waals surface area contributed by atoms with Gasteiger partial charge in [-0.15, -0.1) is 0 Å². The van der Waals surface area contributed by atoms with Crippen molar-refractivity contribution in [1.29, 1.82) is 0 Å². The van der Waals surface area contributed by atoms with Gasteiger partial charge >= 0.3 is 24.1 Å². The molecule has 0 saturated carbocycles. The Morgan fingerprint density at radius 1 is 0.674 bits per heavy atom. The van der Waals surface area contributed by atoms with Gasteiger partial charge in [-0.3, -0.25) is 0 Å². The number of ether oxygens (including phenoxy) is 4. The summed E-state index contributed by atoms with van der Waals surface area (Å²) in [7, 11) is 1.74. The summed E-state index contributed by atoms with van der Waals surface area (Å²) >= 11 is 0. The molecule has 0 aliphatic carbocycles. The maximum absolute atomic E-state index is 12.7. The lowest BCUT2D eigenvalue weighted by molar-refractivity contribution is -0.139. The molecule has 1 N–H and O–H groups in total.